The second-order valence-corrected chi connectivity index (χ2v) is 6.15. The summed E-state index contributed by atoms with van der Waals surface area (Å²) in [6.07, 6.45) is 2.81. The third kappa shape index (κ3) is 3.12. The molecule has 3 nitrogen and oxygen atoms in total. The summed E-state index contributed by atoms with van der Waals surface area (Å²) in [5.74, 6) is 0. The van der Waals surface area contributed by atoms with E-state index >= 15 is 0 Å². The highest BCUT2D eigenvalue weighted by Gasteiger charge is 2.15. The number of nitrogens with one attached hydrogen (secondary N) is 1. The second kappa shape index (κ2) is 6.33. The SMILES string of the molecule is CCNC(Cc1csc(C)n1)c1ccnc2ccccc12. The number of hydrogen-bond acceptors (Lipinski definition) is 4. The van der Waals surface area contributed by atoms with E-state index in [1.165, 1.54) is 10.9 Å². The summed E-state index contributed by atoms with van der Waals surface area (Å²) in [4.78, 5) is 9.06. The summed E-state index contributed by atoms with van der Waals surface area (Å²) in [6, 6.07) is 10.7. The van der Waals surface area contributed by atoms with Crippen molar-refractivity contribution in [3.8, 4) is 0 Å². The first kappa shape index (κ1) is 14.2. The monoisotopic (exact) mass is 297 g/mol. The molecule has 21 heavy (non-hydrogen) atoms. The van der Waals surface area contributed by atoms with Crippen molar-refractivity contribution < 1.29 is 0 Å². The van der Waals surface area contributed by atoms with Crippen LogP contribution in [0, 0.1) is 6.92 Å². The fourth-order valence-corrected chi connectivity index (χ4v) is 3.30. The number of para-hydroxylation sites is 1. The fourth-order valence-electron chi connectivity index (χ4n) is 2.67. The van der Waals surface area contributed by atoms with Crippen molar-refractivity contribution in [3.05, 3.63) is 58.2 Å². The summed E-state index contributed by atoms with van der Waals surface area (Å²) in [5, 5.41) is 8.09. The van der Waals surface area contributed by atoms with Gasteiger partial charge in [0.1, 0.15) is 0 Å². The molecule has 3 rings (SSSR count). The predicted octanol–water partition coefficient (Wildman–Crippen LogP) is 3.89. The maximum atomic E-state index is 4.60. The minimum absolute atomic E-state index is 0.268. The molecule has 1 atom stereocenters. The lowest BCUT2D eigenvalue weighted by Crippen LogP contribution is -2.23. The van der Waals surface area contributed by atoms with Crippen LogP contribution in [-0.4, -0.2) is 16.5 Å². The fraction of sp³-hybridized carbons (Fsp3) is 0.294. The van der Waals surface area contributed by atoms with Gasteiger partial charge in [-0.05, 0) is 31.2 Å². The molecule has 1 aromatic carbocycles. The minimum Gasteiger partial charge on any atom is -0.310 e. The minimum atomic E-state index is 0.268. The van der Waals surface area contributed by atoms with Crippen LogP contribution in [0.3, 0.4) is 0 Å². The molecule has 0 radical (unpaired) electrons. The van der Waals surface area contributed by atoms with E-state index in [2.05, 4.69) is 58.8 Å². The highest BCUT2D eigenvalue weighted by Crippen LogP contribution is 2.26. The van der Waals surface area contributed by atoms with Crippen LogP contribution in [0.25, 0.3) is 10.9 Å². The number of nitrogens with zero attached hydrogens (tertiary/aromatic N) is 2. The van der Waals surface area contributed by atoms with Crippen LogP contribution in [0.2, 0.25) is 0 Å². The Kier molecular flexibility index (Phi) is 4.27. The molecule has 108 valence electrons. The number of pyridine rings is 1. The smallest absolute Gasteiger partial charge is 0.0897 e. The quantitative estimate of drug-likeness (QED) is 0.776. The molecule has 0 aliphatic carbocycles. The highest BCUT2D eigenvalue weighted by molar-refractivity contribution is 7.09. The number of benzene rings is 1. The zero-order valence-electron chi connectivity index (χ0n) is 12.3. The molecule has 0 aliphatic heterocycles. The van der Waals surface area contributed by atoms with Gasteiger partial charge in [0.15, 0.2) is 0 Å². The van der Waals surface area contributed by atoms with Gasteiger partial charge in [-0.1, -0.05) is 25.1 Å². The Morgan fingerprint density at radius 1 is 1.24 bits per heavy atom. The van der Waals surface area contributed by atoms with Gasteiger partial charge in [-0.15, -0.1) is 11.3 Å². The summed E-state index contributed by atoms with van der Waals surface area (Å²) >= 11 is 1.71. The van der Waals surface area contributed by atoms with Crippen LogP contribution in [0.1, 0.15) is 29.2 Å². The molecular formula is C17H19N3S. The van der Waals surface area contributed by atoms with E-state index in [0.717, 1.165) is 29.2 Å². The van der Waals surface area contributed by atoms with Crippen molar-refractivity contribution in [2.45, 2.75) is 26.3 Å². The molecule has 0 fully saturated rings. The van der Waals surface area contributed by atoms with Gasteiger partial charge in [-0.25, -0.2) is 4.98 Å². The molecule has 0 spiro atoms. The number of hydrogen-bond donors (Lipinski definition) is 1. The van der Waals surface area contributed by atoms with E-state index in [1.54, 1.807) is 11.3 Å². The third-order valence-electron chi connectivity index (χ3n) is 3.59. The average Bonchev–Trinajstić information content (AvgIpc) is 2.91. The Morgan fingerprint density at radius 3 is 2.86 bits per heavy atom. The van der Waals surface area contributed by atoms with Crippen molar-refractivity contribution >= 4 is 22.2 Å². The van der Waals surface area contributed by atoms with E-state index in [4.69, 9.17) is 0 Å². The van der Waals surface area contributed by atoms with Crippen LogP contribution < -0.4 is 5.32 Å². The molecular weight excluding hydrogens is 278 g/mol. The largest absolute Gasteiger partial charge is 0.310 e. The molecule has 1 unspecified atom stereocenters. The lowest BCUT2D eigenvalue weighted by atomic mass is 9.98. The number of rotatable bonds is 5. The predicted molar refractivity (Wildman–Crippen MR) is 88.7 cm³/mol. The van der Waals surface area contributed by atoms with E-state index in [9.17, 15) is 0 Å². The van der Waals surface area contributed by atoms with Gasteiger partial charge in [0, 0.05) is 29.4 Å². The number of aromatic nitrogens is 2. The maximum Gasteiger partial charge on any atom is 0.0897 e. The molecule has 0 bridgehead atoms. The van der Waals surface area contributed by atoms with Gasteiger partial charge >= 0.3 is 0 Å². The Hall–Kier alpha value is -1.78. The summed E-state index contributed by atoms with van der Waals surface area (Å²) < 4.78 is 0. The maximum absolute atomic E-state index is 4.60. The first-order valence-electron chi connectivity index (χ1n) is 7.26. The average molecular weight is 297 g/mol. The van der Waals surface area contributed by atoms with Crippen molar-refractivity contribution in [3.63, 3.8) is 0 Å². The molecule has 2 heterocycles. The number of aryl methyl sites for hydroxylation is 1. The van der Waals surface area contributed by atoms with Gasteiger partial charge in [-0.2, -0.15) is 0 Å². The summed E-state index contributed by atoms with van der Waals surface area (Å²) in [6.45, 7) is 5.13. The van der Waals surface area contributed by atoms with E-state index < -0.39 is 0 Å². The van der Waals surface area contributed by atoms with Crippen LogP contribution >= 0.6 is 11.3 Å². The molecule has 0 saturated heterocycles. The standard InChI is InChI=1S/C17H19N3S/c1-3-18-17(10-13-11-21-12(2)20-13)15-8-9-19-16-7-5-4-6-14(15)16/h4-9,11,17-18H,3,10H2,1-2H3. The molecule has 2 aromatic heterocycles. The number of thiazole rings is 1. The molecule has 0 amide bonds. The van der Waals surface area contributed by atoms with Crippen LogP contribution in [-0.2, 0) is 6.42 Å². The van der Waals surface area contributed by atoms with E-state index in [1.807, 2.05) is 12.3 Å². The van der Waals surface area contributed by atoms with Crippen LogP contribution in [0.5, 0.6) is 0 Å². The van der Waals surface area contributed by atoms with Gasteiger partial charge in [0.2, 0.25) is 0 Å². The molecule has 1 N–H and O–H groups in total. The van der Waals surface area contributed by atoms with Crippen LogP contribution in [0.4, 0.5) is 0 Å². The number of fused-ring (bicyclic) bond motifs is 1. The molecule has 4 heteroatoms. The highest BCUT2D eigenvalue weighted by atomic mass is 32.1. The number of likely N-dealkylation sites (N-methyl/N-ethyl adjacent to an activating group) is 1. The topological polar surface area (TPSA) is 37.8 Å². The van der Waals surface area contributed by atoms with E-state index in [-0.39, 0.29) is 6.04 Å². The van der Waals surface area contributed by atoms with E-state index in [0.29, 0.717) is 0 Å². The van der Waals surface area contributed by atoms with Crippen molar-refractivity contribution in [2.24, 2.45) is 0 Å². The molecule has 0 aliphatic rings. The molecule has 0 saturated carbocycles. The Morgan fingerprint density at radius 2 is 2.10 bits per heavy atom. The lowest BCUT2D eigenvalue weighted by Gasteiger charge is -2.19. The van der Waals surface area contributed by atoms with Gasteiger partial charge in [0.05, 0.1) is 16.2 Å². The first-order valence-corrected chi connectivity index (χ1v) is 8.14. The second-order valence-electron chi connectivity index (χ2n) is 5.09. The third-order valence-corrected chi connectivity index (χ3v) is 4.41. The van der Waals surface area contributed by atoms with Gasteiger partial charge in [0.25, 0.3) is 0 Å². The summed E-state index contributed by atoms with van der Waals surface area (Å²) in [7, 11) is 0. The van der Waals surface area contributed by atoms with Crippen molar-refractivity contribution in [1.82, 2.24) is 15.3 Å². The van der Waals surface area contributed by atoms with Gasteiger partial charge < -0.3 is 5.32 Å². The van der Waals surface area contributed by atoms with Crippen molar-refractivity contribution in [1.29, 1.82) is 0 Å². The Bertz CT molecular complexity index is 730. The Balaban J connectivity index is 1.98. The zero-order valence-corrected chi connectivity index (χ0v) is 13.2. The van der Waals surface area contributed by atoms with Crippen molar-refractivity contribution in [2.75, 3.05) is 6.54 Å². The molecule has 3 aromatic rings. The lowest BCUT2D eigenvalue weighted by molar-refractivity contribution is 0.548. The normalized spacial score (nSPS) is 12.7. The van der Waals surface area contributed by atoms with Gasteiger partial charge in [-0.3, -0.25) is 4.98 Å². The summed E-state index contributed by atoms with van der Waals surface area (Å²) in [5.41, 5.74) is 3.50. The Labute approximate surface area is 129 Å². The zero-order chi connectivity index (χ0) is 14.7. The van der Waals surface area contributed by atoms with Crippen LogP contribution in [0.15, 0.2) is 41.9 Å². The first-order chi connectivity index (χ1) is 10.3.